The van der Waals surface area contributed by atoms with E-state index in [1.54, 1.807) is 23.9 Å². The number of fused-ring (bicyclic) bond motifs is 1. The first-order chi connectivity index (χ1) is 17.8. The number of ether oxygens (including phenoxy) is 1. The first kappa shape index (κ1) is 25.6. The van der Waals surface area contributed by atoms with Gasteiger partial charge in [0.15, 0.2) is 5.52 Å². The van der Waals surface area contributed by atoms with Crippen LogP contribution in [0.2, 0.25) is 0 Å². The van der Waals surface area contributed by atoms with Crippen LogP contribution < -0.4 is 20.9 Å². The fraction of sp³-hybridized carbons (Fsp3) is 0.296. The van der Waals surface area contributed by atoms with Gasteiger partial charge in [0, 0.05) is 19.7 Å². The summed E-state index contributed by atoms with van der Waals surface area (Å²) in [5.41, 5.74) is 4.60. The summed E-state index contributed by atoms with van der Waals surface area (Å²) in [4.78, 5) is 44.2. The minimum atomic E-state index is -0.561. The molecular weight excluding hydrogens is 472 g/mol. The molecule has 2 aromatic heterocycles. The topological polar surface area (TPSA) is 131 Å². The first-order valence-corrected chi connectivity index (χ1v) is 12.2. The number of rotatable bonds is 8. The zero-order chi connectivity index (χ0) is 26.5. The number of amides is 3. The van der Waals surface area contributed by atoms with Gasteiger partial charge in [0.1, 0.15) is 17.1 Å². The maximum absolute atomic E-state index is 13.0. The number of aromatic nitrogens is 4. The van der Waals surface area contributed by atoms with Crippen molar-refractivity contribution in [3.63, 3.8) is 0 Å². The van der Waals surface area contributed by atoms with Gasteiger partial charge in [-0.25, -0.2) is 9.78 Å². The summed E-state index contributed by atoms with van der Waals surface area (Å²) in [6.45, 7) is 4.43. The molecule has 0 unspecified atom stereocenters. The predicted octanol–water partition coefficient (Wildman–Crippen LogP) is 3.33. The van der Waals surface area contributed by atoms with Gasteiger partial charge in [0.05, 0.1) is 17.9 Å². The molecule has 4 aromatic rings. The Bertz CT molecular complexity index is 1500. The van der Waals surface area contributed by atoms with Crippen LogP contribution in [0, 0.1) is 0 Å². The lowest BCUT2D eigenvalue weighted by molar-refractivity contribution is 0.0964. The normalized spacial score (nSPS) is 10.9. The average Bonchev–Trinajstić information content (AvgIpc) is 3.21. The zero-order valence-corrected chi connectivity index (χ0v) is 21.3. The van der Waals surface area contributed by atoms with E-state index in [4.69, 9.17) is 9.72 Å². The lowest BCUT2D eigenvalue weighted by Crippen LogP contribution is -2.37. The van der Waals surface area contributed by atoms with Crippen LogP contribution in [0.1, 0.15) is 47.4 Å². The molecule has 2 aromatic carbocycles. The summed E-state index contributed by atoms with van der Waals surface area (Å²) >= 11 is 0. The molecule has 0 aliphatic rings. The fourth-order valence-corrected chi connectivity index (χ4v) is 4.18. The van der Waals surface area contributed by atoms with Crippen molar-refractivity contribution in [2.75, 3.05) is 13.7 Å². The number of urea groups is 1. The second-order valence-corrected chi connectivity index (χ2v) is 8.60. The Hall–Kier alpha value is -4.47. The van der Waals surface area contributed by atoms with Gasteiger partial charge in [0.25, 0.3) is 11.5 Å². The minimum Gasteiger partial charge on any atom is -0.493 e. The van der Waals surface area contributed by atoms with E-state index in [0.717, 1.165) is 29.7 Å². The molecular formula is C27H30N6O4. The summed E-state index contributed by atoms with van der Waals surface area (Å²) in [6, 6.07) is 12.3. The molecule has 192 valence electrons. The molecule has 0 saturated carbocycles. The van der Waals surface area contributed by atoms with E-state index < -0.39 is 11.9 Å². The van der Waals surface area contributed by atoms with Crippen molar-refractivity contribution in [3.8, 4) is 17.1 Å². The second kappa shape index (κ2) is 11.1. The zero-order valence-electron chi connectivity index (χ0n) is 21.3. The molecule has 0 fully saturated rings. The van der Waals surface area contributed by atoms with E-state index in [9.17, 15) is 14.4 Å². The van der Waals surface area contributed by atoms with Crippen molar-refractivity contribution < 1.29 is 14.3 Å². The number of benzene rings is 2. The molecule has 0 aliphatic carbocycles. The van der Waals surface area contributed by atoms with E-state index in [1.807, 2.05) is 37.3 Å². The van der Waals surface area contributed by atoms with Crippen LogP contribution in [0.3, 0.4) is 0 Å². The van der Waals surface area contributed by atoms with E-state index in [-0.39, 0.29) is 5.56 Å². The van der Waals surface area contributed by atoms with Gasteiger partial charge in [-0.1, -0.05) is 31.5 Å². The number of aryl methyl sites for hydroxylation is 2. The number of nitrogens with one attached hydrogen (secondary N) is 3. The number of nitrogens with zero attached hydrogens (tertiary/aromatic N) is 3. The number of H-pyrrole nitrogens is 1. The van der Waals surface area contributed by atoms with E-state index in [1.165, 1.54) is 7.05 Å². The summed E-state index contributed by atoms with van der Waals surface area (Å²) in [6.07, 6.45) is 2.20. The van der Waals surface area contributed by atoms with Gasteiger partial charge >= 0.3 is 6.03 Å². The molecule has 3 N–H and O–H groups in total. The largest absolute Gasteiger partial charge is 0.493 e. The summed E-state index contributed by atoms with van der Waals surface area (Å²) < 4.78 is 7.43. The lowest BCUT2D eigenvalue weighted by Gasteiger charge is -2.12. The molecule has 0 radical (unpaired) electrons. The minimum absolute atomic E-state index is 0.254. The number of carbonyl (C=O) groups excluding carboxylic acids is 2. The molecule has 0 spiro atoms. The van der Waals surface area contributed by atoms with Gasteiger partial charge in [-0.3, -0.25) is 19.6 Å². The highest BCUT2D eigenvalue weighted by Gasteiger charge is 2.18. The monoisotopic (exact) mass is 502 g/mol. The van der Waals surface area contributed by atoms with Crippen LogP contribution >= 0.6 is 0 Å². The quantitative estimate of drug-likeness (QED) is 0.339. The van der Waals surface area contributed by atoms with Crippen molar-refractivity contribution in [1.82, 2.24) is 30.4 Å². The Morgan fingerprint density at radius 3 is 2.49 bits per heavy atom. The molecule has 0 bridgehead atoms. The van der Waals surface area contributed by atoms with Crippen molar-refractivity contribution >= 4 is 23.0 Å². The highest BCUT2D eigenvalue weighted by Crippen LogP contribution is 2.30. The van der Waals surface area contributed by atoms with Crippen molar-refractivity contribution in [2.45, 2.75) is 33.1 Å². The Morgan fingerprint density at radius 2 is 1.81 bits per heavy atom. The Morgan fingerprint density at radius 1 is 1.08 bits per heavy atom. The maximum atomic E-state index is 13.0. The molecule has 0 saturated heterocycles. The molecule has 0 aliphatic heterocycles. The van der Waals surface area contributed by atoms with E-state index >= 15 is 0 Å². The van der Waals surface area contributed by atoms with Crippen LogP contribution in [-0.4, -0.2) is 45.3 Å². The third kappa shape index (κ3) is 5.53. The highest BCUT2D eigenvalue weighted by molar-refractivity contribution is 6.04. The molecule has 4 rings (SSSR count). The average molecular weight is 503 g/mol. The Balaban J connectivity index is 1.68. The van der Waals surface area contributed by atoms with Gasteiger partial charge in [-0.05, 0) is 55.2 Å². The third-order valence-electron chi connectivity index (χ3n) is 5.93. The van der Waals surface area contributed by atoms with Gasteiger partial charge in [0.2, 0.25) is 0 Å². The SMILES string of the molecule is CCCc1nn(C)c2c(=O)[nH]c(-c3cc(Cc4ccc(C(=O)NC(=O)NC)cc4)ccc3OCC)nc12. The number of hydrogen-bond donors (Lipinski definition) is 3. The lowest BCUT2D eigenvalue weighted by atomic mass is 10.0. The van der Waals surface area contributed by atoms with Crippen LogP contribution in [0.5, 0.6) is 5.75 Å². The number of carbonyl (C=O) groups is 2. The van der Waals surface area contributed by atoms with Gasteiger partial charge in [-0.15, -0.1) is 0 Å². The number of hydrogen-bond acceptors (Lipinski definition) is 6. The molecule has 37 heavy (non-hydrogen) atoms. The molecule has 3 amide bonds. The van der Waals surface area contributed by atoms with Crippen molar-refractivity contribution in [1.29, 1.82) is 0 Å². The number of aromatic amines is 1. The van der Waals surface area contributed by atoms with Crippen LogP contribution in [0.4, 0.5) is 4.79 Å². The molecule has 10 heteroatoms. The second-order valence-electron chi connectivity index (χ2n) is 8.60. The number of imide groups is 1. The Labute approximate surface area is 214 Å². The summed E-state index contributed by atoms with van der Waals surface area (Å²) in [7, 11) is 3.19. The predicted molar refractivity (Wildman–Crippen MR) is 141 cm³/mol. The summed E-state index contributed by atoms with van der Waals surface area (Å²) in [5.74, 6) is 0.572. The van der Waals surface area contributed by atoms with Gasteiger partial charge < -0.3 is 15.0 Å². The van der Waals surface area contributed by atoms with Gasteiger partial charge in [-0.2, -0.15) is 5.10 Å². The van der Waals surface area contributed by atoms with Crippen LogP contribution in [0.25, 0.3) is 22.4 Å². The Kier molecular flexibility index (Phi) is 7.66. The summed E-state index contributed by atoms with van der Waals surface area (Å²) in [5, 5.41) is 9.10. The van der Waals surface area contributed by atoms with E-state index in [0.29, 0.717) is 46.8 Å². The third-order valence-corrected chi connectivity index (χ3v) is 5.93. The smallest absolute Gasteiger partial charge is 0.321 e. The van der Waals surface area contributed by atoms with Crippen molar-refractivity contribution in [2.24, 2.45) is 7.05 Å². The van der Waals surface area contributed by atoms with Crippen LogP contribution in [0.15, 0.2) is 47.3 Å². The first-order valence-electron chi connectivity index (χ1n) is 12.2. The molecule has 10 nitrogen and oxygen atoms in total. The van der Waals surface area contributed by atoms with Crippen molar-refractivity contribution in [3.05, 3.63) is 75.2 Å². The van der Waals surface area contributed by atoms with Crippen LogP contribution in [-0.2, 0) is 19.9 Å². The highest BCUT2D eigenvalue weighted by atomic mass is 16.5. The van der Waals surface area contributed by atoms with E-state index in [2.05, 4.69) is 27.6 Å². The maximum Gasteiger partial charge on any atom is 0.321 e. The fourth-order valence-electron chi connectivity index (χ4n) is 4.18. The molecule has 0 atom stereocenters. The molecule has 2 heterocycles. The standard InChI is InChI=1S/C27H30N6O4/c1-5-7-20-22-23(33(4)32-20)26(35)30-24(29-22)19-15-17(10-13-21(19)37-6-2)14-16-8-11-18(12-9-16)25(34)31-27(36)28-3/h8-13,15H,5-7,14H2,1-4H3,(H,29,30,35)(H2,28,31,34,36).